The van der Waals surface area contributed by atoms with E-state index in [1.807, 2.05) is 4.90 Å². The number of likely N-dealkylation sites (tertiary alicyclic amines) is 1. The molecule has 14 heavy (non-hydrogen) atoms. The number of hydrogen-bond donors (Lipinski definition) is 1. The zero-order valence-corrected chi connectivity index (χ0v) is 9.19. The minimum atomic E-state index is -2.60. The van der Waals surface area contributed by atoms with Gasteiger partial charge in [-0.2, -0.15) is 0 Å². The summed E-state index contributed by atoms with van der Waals surface area (Å²) in [4.78, 5) is 1.87. The van der Waals surface area contributed by atoms with Crippen molar-refractivity contribution in [3.8, 4) is 0 Å². The molecule has 2 atom stereocenters. The highest BCUT2D eigenvalue weighted by atomic mass is 19.3. The monoisotopic (exact) mass is 206 g/mol. The summed E-state index contributed by atoms with van der Waals surface area (Å²) in [6.45, 7) is 5.53. The van der Waals surface area contributed by atoms with Crippen LogP contribution in [0.1, 0.15) is 13.8 Å². The number of nitrogens with one attached hydrogen (secondary N) is 1. The van der Waals surface area contributed by atoms with E-state index in [-0.39, 0.29) is 13.1 Å². The fraction of sp³-hybridized carbons (Fsp3) is 1.00. The molecule has 1 heterocycles. The highest BCUT2D eigenvalue weighted by Crippen LogP contribution is 2.25. The van der Waals surface area contributed by atoms with Crippen molar-refractivity contribution in [3.05, 3.63) is 0 Å². The summed E-state index contributed by atoms with van der Waals surface area (Å²) in [7, 11) is 1.56. The van der Waals surface area contributed by atoms with Gasteiger partial charge >= 0.3 is 0 Å². The SMILES string of the molecule is CNCC(F)(F)CN1CC(C)C(C)C1. The zero-order chi connectivity index (χ0) is 10.8. The van der Waals surface area contributed by atoms with Crippen molar-refractivity contribution < 1.29 is 8.78 Å². The predicted molar refractivity (Wildman–Crippen MR) is 53.6 cm³/mol. The van der Waals surface area contributed by atoms with Crippen molar-refractivity contribution in [2.24, 2.45) is 11.8 Å². The molecule has 0 radical (unpaired) electrons. The summed E-state index contributed by atoms with van der Waals surface area (Å²) >= 11 is 0. The first-order valence-electron chi connectivity index (χ1n) is 5.19. The molecule has 0 spiro atoms. The van der Waals surface area contributed by atoms with Crippen LogP contribution in [0.3, 0.4) is 0 Å². The molecule has 0 aromatic heterocycles. The molecule has 1 rings (SSSR count). The Hall–Kier alpha value is -0.220. The molecule has 0 bridgehead atoms. The summed E-state index contributed by atoms with van der Waals surface area (Å²) in [5.41, 5.74) is 0. The second-order valence-electron chi connectivity index (χ2n) is 4.53. The Morgan fingerprint density at radius 2 is 1.79 bits per heavy atom. The first kappa shape index (κ1) is 11.9. The highest BCUT2D eigenvalue weighted by molar-refractivity contribution is 4.83. The van der Waals surface area contributed by atoms with Gasteiger partial charge in [0, 0.05) is 13.1 Å². The molecule has 0 aromatic rings. The molecule has 0 amide bonds. The third kappa shape index (κ3) is 3.17. The van der Waals surface area contributed by atoms with Gasteiger partial charge in [-0.3, -0.25) is 4.90 Å². The summed E-state index contributed by atoms with van der Waals surface area (Å²) in [6.07, 6.45) is 0. The summed E-state index contributed by atoms with van der Waals surface area (Å²) in [5.74, 6) is -1.51. The second kappa shape index (κ2) is 4.53. The Bertz CT molecular complexity index is 175. The lowest BCUT2D eigenvalue weighted by atomic mass is 10.0. The summed E-state index contributed by atoms with van der Waals surface area (Å²) < 4.78 is 26.5. The van der Waals surface area contributed by atoms with Gasteiger partial charge in [0.25, 0.3) is 5.92 Å². The second-order valence-corrected chi connectivity index (χ2v) is 4.53. The standard InChI is InChI=1S/C10H20F2N2/c1-8-4-14(5-9(8)2)7-10(11,12)6-13-3/h8-9,13H,4-7H2,1-3H3. The van der Waals surface area contributed by atoms with Crippen molar-refractivity contribution in [3.63, 3.8) is 0 Å². The predicted octanol–water partition coefficient (Wildman–Crippen LogP) is 1.43. The fourth-order valence-corrected chi connectivity index (χ4v) is 2.02. The molecular weight excluding hydrogens is 186 g/mol. The summed E-state index contributed by atoms with van der Waals surface area (Å²) in [5, 5.41) is 2.53. The average molecular weight is 206 g/mol. The highest BCUT2D eigenvalue weighted by Gasteiger charge is 2.35. The van der Waals surface area contributed by atoms with Crippen molar-refractivity contribution in [2.45, 2.75) is 19.8 Å². The maximum absolute atomic E-state index is 13.2. The Morgan fingerprint density at radius 3 is 2.21 bits per heavy atom. The van der Waals surface area contributed by atoms with Crippen molar-refractivity contribution in [1.29, 1.82) is 0 Å². The van der Waals surface area contributed by atoms with Gasteiger partial charge in [-0.1, -0.05) is 13.8 Å². The van der Waals surface area contributed by atoms with Crippen LogP contribution >= 0.6 is 0 Å². The molecule has 0 saturated carbocycles. The topological polar surface area (TPSA) is 15.3 Å². The molecule has 1 saturated heterocycles. The van der Waals surface area contributed by atoms with Gasteiger partial charge in [0.15, 0.2) is 0 Å². The molecule has 1 fully saturated rings. The maximum atomic E-state index is 13.2. The molecule has 0 aliphatic carbocycles. The number of hydrogen-bond acceptors (Lipinski definition) is 2. The van der Waals surface area contributed by atoms with Crippen molar-refractivity contribution in [2.75, 3.05) is 33.2 Å². The lowest BCUT2D eigenvalue weighted by molar-refractivity contribution is -0.0249. The van der Waals surface area contributed by atoms with E-state index >= 15 is 0 Å². The van der Waals surface area contributed by atoms with Crippen LogP contribution in [0.25, 0.3) is 0 Å². The Labute approximate surface area is 84.7 Å². The molecular formula is C10H20F2N2. The zero-order valence-electron chi connectivity index (χ0n) is 9.19. The van der Waals surface area contributed by atoms with E-state index in [1.165, 1.54) is 0 Å². The van der Waals surface area contributed by atoms with E-state index in [4.69, 9.17) is 0 Å². The van der Waals surface area contributed by atoms with Crippen LogP contribution in [-0.4, -0.2) is 44.0 Å². The molecule has 84 valence electrons. The van der Waals surface area contributed by atoms with Gasteiger partial charge in [0.1, 0.15) is 0 Å². The summed E-state index contributed by atoms with van der Waals surface area (Å²) in [6, 6.07) is 0. The molecule has 4 heteroatoms. The molecule has 1 aliphatic rings. The Morgan fingerprint density at radius 1 is 1.29 bits per heavy atom. The Kier molecular flexibility index (Phi) is 3.84. The van der Waals surface area contributed by atoms with Crippen molar-refractivity contribution in [1.82, 2.24) is 10.2 Å². The molecule has 1 aliphatic heterocycles. The minimum Gasteiger partial charge on any atom is -0.314 e. The van der Waals surface area contributed by atoms with Crippen LogP contribution in [0.5, 0.6) is 0 Å². The third-order valence-electron chi connectivity index (χ3n) is 2.95. The van der Waals surface area contributed by atoms with Crippen LogP contribution in [0, 0.1) is 11.8 Å². The van der Waals surface area contributed by atoms with E-state index in [2.05, 4.69) is 19.2 Å². The van der Waals surface area contributed by atoms with Crippen LogP contribution in [0.15, 0.2) is 0 Å². The van der Waals surface area contributed by atoms with E-state index < -0.39 is 5.92 Å². The van der Waals surface area contributed by atoms with E-state index in [0.717, 1.165) is 13.1 Å². The number of halogens is 2. The lowest BCUT2D eigenvalue weighted by Crippen LogP contribution is -2.42. The van der Waals surface area contributed by atoms with Gasteiger partial charge in [-0.05, 0) is 18.9 Å². The van der Waals surface area contributed by atoms with Gasteiger partial charge in [0.05, 0.1) is 13.1 Å². The maximum Gasteiger partial charge on any atom is 0.272 e. The van der Waals surface area contributed by atoms with E-state index in [0.29, 0.717) is 11.8 Å². The van der Waals surface area contributed by atoms with Crippen molar-refractivity contribution >= 4 is 0 Å². The van der Waals surface area contributed by atoms with Crippen LogP contribution < -0.4 is 5.32 Å². The number of nitrogens with zero attached hydrogens (tertiary/aromatic N) is 1. The molecule has 2 nitrogen and oxygen atoms in total. The third-order valence-corrected chi connectivity index (χ3v) is 2.95. The van der Waals surface area contributed by atoms with Crippen LogP contribution in [0.2, 0.25) is 0 Å². The number of rotatable bonds is 4. The van der Waals surface area contributed by atoms with Gasteiger partial charge < -0.3 is 5.32 Å². The quantitative estimate of drug-likeness (QED) is 0.748. The smallest absolute Gasteiger partial charge is 0.272 e. The van der Waals surface area contributed by atoms with Crippen LogP contribution in [-0.2, 0) is 0 Å². The molecule has 1 N–H and O–H groups in total. The lowest BCUT2D eigenvalue weighted by Gasteiger charge is -2.23. The molecule has 2 unspecified atom stereocenters. The normalized spacial score (nSPS) is 29.8. The van der Waals surface area contributed by atoms with E-state index in [1.54, 1.807) is 7.05 Å². The Balaban J connectivity index is 2.38. The van der Waals surface area contributed by atoms with Gasteiger partial charge in [-0.15, -0.1) is 0 Å². The first-order chi connectivity index (χ1) is 6.44. The average Bonchev–Trinajstić information content (AvgIpc) is 2.29. The number of alkyl halides is 2. The van der Waals surface area contributed by atoms with Gasteiger partial charge in [0.2, 0.25) is 0 Å². The minimum absolute atomic E-state index is 0.109. The molecule has 0 aromatic carbocycles. The largest absolute Gasteiger partial charge is 0.314 e. The van der Waals surface area contributed by atoms with Crippen LogP contribution in [0.4, 0.5) is 8.78 Å². The van der Waals surface area contributed by atoms with Gasteiger partial charge in [-0.25, -0.2) is 8.78 Å². The first-order valence-corrected chi connectivity index (χ1v) is 5.19. The van der Waals surface area contributed by atoms with E-state index in [9.17, 15) is 8.78 Å². The fourth-order valence-electron chi connectivity index (χ4n) is 2.02.